The fourth-order valence-corrected chi connectivity index (χ4v) is 3.43. The maximum Gasteiger partial charge on any atom is 0.274 e. The molecular weight excluding hydrogens is 282 g/mol. The highest BCUT2D eigenvalue weighted by Gasteiger charge is 2.23. The summed E-state index contributed by atoms with van der Waals surface area (Å²) >= 11 is 7.44. The smallest absolute Gasteiger partial charge is 0.274 e. The van der Waals surface area contributed by atoms with Crippen LogP contribution in [0.5, 0.6) is 0 Å². The van der Waals surface area contributed by atoms with Gasteiger partial charge in [-0.05, 0) is 31.0 Å². The summed E-state index contributed by atoms with van der Waals surface area (Å²) in [7, 11) is 1.85. The summed E-state index contributed by atoms with van der Waals surface area (Å²) in [6.07, 6.45) is 2.18. The van der Waals surface area contributed by atoms with E-state index in [1.165, 1.54) is 11.3 Å². The van der Waals surface area contributed by atoms with Crippen LogP contribution >= 0.6 is 22.9 Å². The van der Waals surface area contributed by atoms with Gasteiger partial charge in [0.25, 0.3) is 5.91 Å². The standard InChI is InChI=1S/C13H14ClN3OS/c1-16-10(11-4-5-12(14)19-11)8-9(15-16)13(18)17-6-2-3-7-17/h4-5,8H,2-3,6-7H2,1H3. The van der Waals surface area contributed by atoms with E-state index in [1.807, 2.05) is 30.1 Å². The predicted octanol–water partition coefficient (Wildman–Crippen LogP) is 3.04. The Morgan fingerprint density at radius 3 is 2.74 bits per heavy atom. The number of likely N-dealkylation sites (tertiary alicyclic amines) is 1. The number of hydrogen-bond donors (Lipinski definition) is 0. The molecule has 1 fully saturated rings. The summed E-state index contributed by atoms with van der Waals surface area (Å²) in [4.78, 5) is 15.2. The van der Waals surface area contributed by atoms with E-state index in [9.17, 15) is 4.79 Å². The molecule has 6 heteroatoms. The van der Waals surface area contributed by atoms with Crippen molar-refractivity contribution in [1.82, 2.24) is 14.7 Å². The molecule has 1 amide bonds. The van der Waals surface area contributed by atoms with Crippen LogP contribution < -0.4 is 0 Å². The van der Waals surface area contributed by atoms with Crippen LogP contribution in [0.2, 0.25) is 4.34 Å². The van der Waals surface area contributed by atoms with Gasteiger partial charge in [0.2, 0.25) is 0 Å². The molecule has 0 spiro atoms. The lowest BCUT2D eigenvalue weighted by Gasteiger charge is -2.12. The molecule has 0 unspecified atom stereocenters. The maximum atomic E-state index is 12.3. The van der Waals surface area contributed by atoms with Gasteiger partial charge in [0, 0.05) is 20.1 Å². The van der Waals surface area contributed by atoms with Gasteiger partial charge in [0.15, 0.2) is 5.69 Å². The third kappa shape index (κ3) is 2.40. The van der Waals surface area contributed by atoms with Crippen molar-refractivity contribution in [2.24, 2.45) is 7.05 Å². The number of hydrogen-bond acceptors (Lipinski definition) is 3. The van der Waals surface area contributed by atoms with Gasteiger partial charge in [-0.25, -0.2) is 0 Å². The van der Waals surface area contributed by atoms with Crippen LogP contribution in [0.1, 0.15) is 23.3 Å². The lowest BCUT2D eigenvalue weighted by molar-refractivity contribution is 0.0786. The molecule has 19 heavy (non-hydrogen) atoms. The van der Waals surface area contributed by atoms with Gasteiger partial charge in [0.05, 0.1) is 14.9 Å². The molecule has 1 aliphatic heterocycles. The van der Waals surface area contributed by atoms with Crippen molar-refractivity contribution in [2.45, 2.75) is 12.8 Å². The minimum absolute atomic E-state index is 0.0296. The summed E-state index contributed by atoms with van der Waals surface area (Å²) in [5.41, 5.74) is 1.45. The van der Waals surface area contributed by atoms with Crippen LogP contribution in [-0.4, -0.2) is 33.7 Å². The van der Waals surface area contributed by atoms with Crippen molar-refractivity contribution >= 4 is 28.8 Å². The first-order valence-corrected chi connectivity index (χ1v) is 7.43. The molecule has 1 aliphatic rings. The number of carbonyl (C=O) groups is 1. The van der Waals surface area contributed by atoms with E-state index < -0.39 is 0 Å². The normalized spacial score (nSPS) is 15.2. The fraction of sp³-hybridized carbons (Fsp3) is 0.385. The third-order valence-electron chi connectivity index (χ3n) is 3.32. The second-order valence-electron chi connectivity index (χ2n) is 4.64. The van der Waals surface area contributed by atoms with Gasteiger partial charge in [-0.3, -0.25) is 9.48 Å². The Bertz CT molecular complexity index is 613. The Balaban J connectivity index is 1.90. The third-order valence-corrected chi connectivity index (χ3v) is 4.57. The van der Waals surface area contributed by atoms with Crippen LogP contribution in [0.3, 0.4) is 0 Å². The summed E-state index contributed by atoms with van der Waals surface area (Å²) in [6, 6.07) is 5.66. The summed E-state index contributed by atoms with van der Waals surface area (Å²) < 4.78 is 2.48. The van der Waals surface area contributed by atoms with Gasteiger partial charge in [0.1, 0.15) is 0 Å². The molecule has 0 atom stereocenters. The Morgan fingerprint density at radius 2 is 2.11 bits per heavy atom. The monoisotopic (exact) mass is 295 g/mol. The zero-order chi connectivity index (χ0) is 13.4. The highest BCUT2D eigenvalue weighted by atomic mass is 35.5. The lowest BCUT2D eigenvalue weighted by Crippen LogP contribution is -2.28. The number of halogens is 1. The molecule has 100 valence electrons. The molecular formula is C13H14ClN3OS. The molecule has 2 aromatic heterocycles. The van der Waals surface area contributed by atoms with E-state index in [0.29, 0.717) is 5.69 Å². The van der Waals surface area contributed by atoms with Crippen molar-refractivity contribution in [3.8, 4) is 10.6 Å². The van der Waals surface area contributed by atoms with Crippen molar-refractivity contribution in [1.29, 1.82) is 0 Å². The summed E-state index contributed by atoms with van der Waals surface area (Å²) in [5, 5.41) is 4.33. The molecule has 4 nitrogen and oxygen atoms in total. The Labute approximate surface area is 120 Å². The first-order chi connectivity index (χ1) is 9.15. The van der Waals surface area contributed by atoms with Gasteiger partial charge in [-0.15, -0.1) is 11.3 Å². The molecule has 2 aromatic rings. The average molecular weight is 296 g/mol. The van der Waals surface area contributed by atoms with Gasteiger partial charge in [-0.2, -0.15) is 5.10 Å². The highest BCUT2D eigenvalue weighted by Crippen LogP contribution is 2.31. The second-order valence-corrected chi connectivity index (χ2v) is 6.36. The molecule has 0 aliphatic carbocycles. The molecule has 3 rings (SSSR count). The number of nitrogens with zero attached hydrogens (tertiary/aromatic N) is 3. The molecule has 0 radical (unpaired) electrons. The van der Waals surface area contributed by atoms with Crippen molar-refractivity contribution in [2.75, 3.05) is 13.1 Å². The van der Waals surface area contributed by atoms with Crippen molar-refractivity contribution in [3.63, 3.8) is 0 Å². The number of carbonyl (C=O) groups excluding carboxylic acids is 1. The minimum atomic E-state index is 0.0296. The largest absolute Gasteiger partial charge is 0.337 e. The zero-order valence-electron chi connectivity index (χ0n) is 10.6. The van der Waals surface area contributed by atoms with E-state index in [-0.39, 0.29) is 5.91 Å². The van der Waals surface area contributed by atoms with Crippen molar-refractivity contribution < 1.29 is 4.79 Å². The first-order valence-electron chi connectivity index (χ1n) is 6.24. The predicted molar refractivity (Wildman–Crippen MR) is 76.7 cm³/mol. The lowest BCUT2D eigenvalue weighted by atomic mass is 10.3. The van der Waals surface area contributed by atoms with E-state index in [0.717, 1.165) is 40.8 Å². The van der Waals surface area contributed by atoms with Crippen LogP contribution in [0.15, 0.2) is 18.2 Å². The number of aryl methyl sites for hydroxylation is 1. The van der Waals surface area contributed by atoms with E-state index in [4.69, 9.17) is 11.6 Å². The molecule has 0 bridgehead atoms. The average Bonchev–Trinajstić information content (AvgIpc) is 3.08. The van der Waals surface area contributed by atoms with E-state index in [2.05, 4.69) is 5.10 Å². The van der Waals surface area contributed by atoms with Crippen molar-refractivity contribution in [3.05, 3.63) is 28.2 Å². The topological polar surface area (TPSA) is 38.1 Å². The van der Waals surface area contributed by atoms with Crippen LogP contribution in [0.4, 0.5) is 0 Å². The number of amides is 1. The van der Waals surface area contributed by atoms with Gasteiger partial charge in [-0.1, -0.05) is 11.6 Å². The van der Waals surface area contributed by atoms with E-state index >= 15 is 0 Å². The van der Waals surface area contributed by atoms with Gasteiger partial charge < -0.3 is 4.90 Å². The van der Waals surface area contributed by atoms with Gasteiger partial charge >= 0.3 is 0 Å². The van der Waals surface area contributed by atoms with Crippen LogP contribution in [-0.2, 0) is 7.05 Å². The van der Waals surface area contributed by atoms with Crippen LogP contribution in [0.25, 0.3) is 10.6 Å². The number of thiophene rings is 1. The quantitative estimate of drug-likeness (QED) is 0.854. The minimum Gasteiger partial charge on any atom is -0.337 e. The molecule has 0 saturated carbocycles. The summed E-state index contributed by atoms with van der Waals surface area (Å²) in [6.45, 7) is 1.69. The fourth-order valence-electron chi connectivity index (χ4n) is 2.34. The molecule has 1 saturated heterocycles. The number of aromatic nitrogens is 2. The molecule has 0 N–H and O–H groups in total. The summed E-state index contributed by atoms with van der Waals surface area (Å²) in [5.74, 6) is 0.0296. The van der Waals surface area contributed by atoms with Crippen LogP contribution in [0, 0.1) is 0 Å². The Kier molecular flexibility index (Phi) is 3.33. The SMILES string of the molecule is Cn1nc(C(=O)N2CCCC2)cc1-c1ccc(Cl)s1. The Morgan fingerprint density at radius 1 is 1.37 bits per heavy atom. The maximum absolute atomic E-state index is 12.3. The first kappa shape index (κ1) is 12.7. The van der Waals surface area contributed by atoms with E-state index in [1.54, 1.807) is 4.68 Å². The molecule has 0 aromatic carbocycles. The zero-order valence-corrected chi connectivity index (χ0v) is 12.2. The Hall–Kier alpha value is -1.33. The number of rotatable bonds is 2. The highest BCUT2D eigenvalue weighted by molar-refractivity contribution is 7.19. The second kappa shape index (κ2) is 4.98. The molecule has 3 heterocycles.